The zero-order valence-electron chi connectivity index (χ0n) is 17.9. The third-order valence-electron chi connectivity index (χ3n) is 6.46. The fourth-order valence-electron chi connectivity index (χ4n) is 4.40. The number of rotatable bonds is 8. The van der Waals surface area contributed by atoms with Crippen LogP contribution in [0.15, 0.2) is 30.7 Å². The quantitative estimate of drug-likeness (QED) is 0.564. The lowest BCUT2D eigenvalue weighted by molar-refractivity contribution is 0.164. The molecule has 2 heterocycles. The Kier molecular flexibility index (Phi) is 5.83. The number of amides is 1. The second-order valence-corrected chi connectivity index (χ2v) is 8.78. The van der Waals surface area contributed by atoms with Gasteiger partial charge in [0.15, 0.2) is 0 Å². The number of alkyl carbamates (subject to hydrolysis) is 1. The van der Waals surface area contributed by atoms with Crippen molar-refractivity contribution in [2.24, 2.45) is 5.92 Å². The smallest absolute Gasteiger partial charge is 0.407 e. The van der Waals surface area contributed by atoms with E-state index in [-0.39, 0.29) is 11.6 Å². The number of nitrogens with zero attached hydrogens (tertiary/aromatic N) is 3. The van der Waals surface area contributed by atoms with Gasteiger partial charge < -0.3 is 20.8 Å². The Morgan fingerprint density at radius 2 is 2.17 bits per heavy atom. The van der Waals surface area contributed by atoms with E-state index in [1.165, 1.54) is 18.5 Å². The zero-order chi connectivity index (χ0) is 21.1. The van der Waals surface area contributed by atoms with Crippen LogP contribution in [0.5, 0.6) is 0 Å². The molecule has 1 aromatic rings. The van der Waals surface area contributed by atoms with Gasteiger partial charge in [0, 0.05) is 31.2 Å². The highest BCUT2D eigenvalue weighted by molar-refractivity contribution is 5.70. The summed E-state index contributed by atoms with van der Waals surface area (Å²) in [7, 11) is 2.02. The highest BCUT2D eigenvalue weighted by Gasteiger charge is 2.42. The van der Waals surface area contributed by atoms with Crippen LogP contribution in [0.3, 0.4) is 0 Å². The molecule has 2 aliphatic carbocycles. The van der Waals surface area contributed by atoms with Crippen molar-refractivity contribution in [1.29, 1.82) is 0 Å². The number of ether oxygens (including phenoxy) is 1. The first-order chi connectivity index (χ1) is 14.5. The summed E-state index contributed by atoms with van der Waals surface area (Å²) >= 11 is 0. The highest BCUT2D eigenvalue weighted by Crippen LogP contribution is 2.38. The van der Waals surface area contributed by atoms with E-state index < -0.39 is 0 Å². The number of aromatic nitrogens is 2. The first-order valence-electron chi connectivity index (χ1n) is 10.8. The molecule has 3 aliphatic rings. The molecule has 8 heteroatoms. The SMILES string of the molecule is C=CNN(C)/C(CC1CC1)=C(\C)c1ccnc(NC2CCC3(CC2)COC(=O)N3)n1. The van der Waals surface area contributed by atoms with Crippen LogP contribution in [-0.2, 0) is 4.74 Å². The lowest BCUT2D eigenvalue weighted by Crippen LogP contribution is -2.48. The fraction of sp³-hybridized carbons (Fsp3) is 0.591. The molecule has 1 saturated heterocycles. The van der Waals surface area contributed by atoms with E-state index in [2.05, 4.69) is 34.5 Å². The van der Waals surface area contributed by atoms with E-state index in [0.717, 1.165) is 49.3 Å². The number of carbonyl (C=O) groups is 1. The standard InChI is InChI=1S/C22H32N6O2/c1-4-24-28(3)19(13-16-5-6-16)15(2)18-9-12-23-20(26-18)25-17-7-10-22(11-8-17)14-30-21(29)27-22/h4,9,12,16-17,24H,1,5-8,10-11,13-14H2,2-3H3,(H,27,29)(H,23,25,26)/b19-15+. The van der Waals surface area contributed by atoms with Crippen molar-refractivity contribution in [3.8, 4) is 0 Å². The molecule has 3 N–H and O–H groups in total. The van der Waals surface area contributed by atoms with Gasteiger partial charge in [0.2, 0.25) is 5.95 Å². The minimum atomic E-state index is -0.294. The summed E-state index contributed by atoms with van der Waals surface area (Å²) in [6.45, 7) is 6.38. The number of hydrazine groups is 1. The van der Waals surface area contributed by atoms with Crippen LogP contribution in [0, 0.1) is 5.92 Å². The van der Waals surface area contributed by atoms with Gasteiger partial charge in [-0.1, -0.05) is 6.58 Å². The molecule has 4 rings (SSSR count). The molecule has 1 aromatic heterocycles. The first-order valence-corrected chi connectivity index (χ1v) is 10.8. The van der Waals surface area contributed by atoms with Gasteiger partial charge in [-0.15, -0.1) is 0 Å². The zero-order valence-corrected chi connectivity index (χ0v) is 17.9. The third-order valence-corrected chi connectivity index (χ3v) is 6.46. The Morgan fingerprint density at radius 3 is 2.80 bits per heavy atom. The molecule has 0 atom stereocenters. The average molecular weight is 413 g/mol. The number of nitrogens with one attached hydrogen (secondary N) is 3. The summed E-state index contributed by atoms with van der Waals surface area (Å²) in [6.07, 6.45) is 10.5. The van der Waals surface area contributed by atoms with Gasteiger partial charge in [-0.25, -0.2) is 14.8 Å². The highest BCUT2D eigenvalue weighted by atomic mass is 16.6. The van der Waals surface area contributed by atoms with E-state index in [1.54, 1.807) is 6.20 Å². The summed E-state index contributed by atoms with van der Waals surface area (Å²) in [5.41, 5.74) is 6.31. The summed E-state index contributed by atoms with van der Waals surface area (Å²) in [5, 5.41) is 8.52. The van der Waals surface area contributed by atoms with Crippen LogP contribution >= 0.6 is 0 Å². The molecular formula is C22H32N6O2. The molecule has 8 nitrogen and oxygen atoms in total. The maximum atomic E-state index is 11.4. The van der Waals surface area contributed by atoms with E-state index in [9.17, 15) is 4.79 Å². The van der Waals surface area contributed by atoms with E-state index in [0.29, 0.717) is 18.6 Å². The summed E-state index contributed by atoms with van der Waals surface area (Å²) < 4.78 is 5.12. The maximum Gasteiger partial charge on any atom is 0.407 e. The van der Waals surface area contributed by atoms with Crippen LogP contribution in [0.1, 0.15) is 57.6 Å². The van der Waals surface area contributed by atoms with Gasteiger partial charge in [0.1, 0.15) is 6.61 Å². The van der Waals surface area contributed by atoms with Gasteiger partial charge in [-0.05, 0) is 69.4 Å². The molecule has 1 amide bonds. The summed E-state index contributed by atoms with van der Waals surface area (Å²) in [4.78, 5) is 20.7. The molecule has 0 radical (unpaired) electrons. The lowest BCUT2D eigenvalue weighted by Gasteiger charge is -2.35. The number of anilines is 1. The number of hydrogen-bond donors (Lipinski definition) is 3. The predicted octanol–water partition coefficient (Wildman–Crippen LogP) is 3.42. The lowest BCUT2D eigenvalue weighted by atomic mass is 9.80. The largest absolute Gasteiger partial charge is 0.447 e. The van der Waals surface area contributed by atoms with Crippen molar-refractivity contribution in [3.05, 3.63) is 36.4 Å². The Bertz CT molecular complexity index is 827. The summed E-state index contributed by atoms with van der Waals surface area (Å²) in [6, 6.07) is 2.26. The van der Waals surface area contributed by atoms with E-state index >= 15 is 0 Å². The second kappa shape index (κ2) is 8.53. The molecule has 1 aliphatic heterocycles. The van der Waals surface area contributed by atoms with E-state index in [4.69, 9.17) is 9.72 Å². The predicted molar refractivity (Wildman–Crippen MR) is 116 cm³/mol. The second-order valence-electron chi connectivity index (χ2n) is 8.78. The number of cyclic esters (lactones) is 1. The van der Waals surface area contributed by atoms with Gasteiger partial charge in [-0.2, -0.15) is 0 Å². The monoisotopic (exact) mass is 412 g/mol. The van der Waals surface area contributed by atoms with Crippen molar-refractivity contribution in [3.63, 3.8) is 0 Å². The van der Waals surface area contributed by atoms with Gasteiger partial charge in [0.05, 0.1) is 11.2 Å². The number of hydrogen-bond acceptors (Lipinski definition) is 7. The van der Waals surface area contributed by atoms with Crippen molar-refractivity contribution < 1.29 is 9.53 Å². The van der Waals surface area contributed by atoms with E-state index in [1.807, 2.05) is 24.3 Å². The van der Waals surface area contributed by atoms with Crippen molar-refractivity contribution in [2.45, 2.75) is 63.5 Å². The van der Waals surface area contributed by atoms with Gasteiger partial charge in [0.25, 0.3) is 0 Å². The van der Waals surface area contributed by atoms with Crippen molar-refractivity contribution in [1.82, 2.24) is 25.7 Å². The molecule has 0 bridgehead atoms. The third kappa shape index (κ3) is 4.68. The van der Waals surface area contributed by atoms with Crippen molar-refractivity contribution >= 4 is 17.6 Å². The van der Waals surface area contributed by atoms with Crippen LogP contribution in [0.4, 0.5) is 10.7 Å². The van der Waals surface area contributed by atoms with Crippen molar-refractivity contribution in [2.75, 3.05) is 19.0 Å². The van der Waals surface area contributed by atoms with Crippen LogP contribution in [0.25, 0.3) is 5.57 Å². The molecule has 2 saturated carbocycles. The average Bonchev–Trinajstić information content (AvgIpc) is 3.50. The van der Waals surface area contributed by atoms with Crippen LogP contribution < -0.4 is 16.1 Å². The molecule has 1 spiro atoms. The normalized spacial score (nSPS) is 26.5. The maximum absolute atomic E-state index is 11.4. The van der Waals surface area contributed by atoms with Crippen LogP contribution in [0.2, 0.25) is 0 Å². The Labute approximate surface area is 178 Å². The number of carbonyl (C=O) groups excluding carboxylic acids is 1. The molecule has 0 aromatic carbocycles. The summed E-state index contributed by atoms with van der Waals surface area (Å²) in [5.74, 6) is 1.42. The molecule has 162 valence electrons. The minimum Gasteiger partial charge on any atom is -0.447 e. The Hall–Kier alpha value is -2.77. The first kappa shape index (κ1) is 20.5. The topological polar surface area (TPSA) is 91.4 Å². The van der Waals surface area contributed by atoms with Gasteiger partial charge >= 0.3 is 6.09 Å². The van der Waals surface area contributed by atoms with Gasteiger partial charge in [-0.3, -0.25) is 5.01 Å². The molecule has 30 heavy (non-hydrogen) atoms. The number of allylic oxidation sites excluding steroid dienone is 2. The minimum absolute atomic E-state index is 0.183. The van der Waals surface area contributed by atoms with Crippen LogP contribution in [-0.4, -0.2) is 46.3 Å². The Morgan fingerprint density at radius 1 is 1.40 bits per heavy atom. The Balaban J connectivity index is 1.44. The molecular weight excluding hydrogens is 380 g/mol. The molecule has 0 unspecified atom stereocenters. The fourth-order valence-corrected chi connectivity index (χ4v) is 4.40. The molecule has 3 fully saturated rings.